The molecule has 2 aromatic rings. The number of H-pyrrole nitrogens is 1. The smallest absolute Gasteiger partial charge is 0.273 e. The topological polar surface area (TPSA) is 70.7 Å². The fourth-order valence-electron chi connectivity index (χ4n) is 1.44. The highest BCUT2D eigenvalue weighted by Crippen LogP contribution is 2.42. The summed E-state index contributed by atoms with van der Waals surface area (Å²) >= 11 is 4.73. The van der Waals surface area contributed by atoms with E-state index >= 15 is 0 Å². The molecule has 0 unspecified atom stereocenters. The SMILES string of the molecule is O=C(Nc1nnc(C2CC2)s1)c1cc(Br)c[nH]1. The van der Waals surface area contributed by atoms with E-state index in [2.05, 4.69) is 36.4 Å². The van der Waals surface area contributed by atoms with E-state index in [1.165, 1.54) is 24.2 Å². The first kappa shape index (κ1) is 10.9. The van der Waals surface area contributed by atoms with E-state index in [9.17, 15) is 4.79 Å². The van der Waals surface area contributed by atoms with Crippen LogP contribution in [-0.4, -0.2) is 21.1 Å². The van der Waals surface area contributed by atoms with Gasteiger partial charge in [-0.2, -0.15) is 0 Å². The number of hydrogen-bond donors (Lipinski definition) is 2. The van der Waals surface area contributed by atoms with Gasteiger partial charge < -0.3 is 4.98 Å². The van der Waals surface area contributed by atoms with Gasteiger partial charge in [-0.1, -0.05) is 11.3 Å². The lowest BCUT2D eigenvalue weighted by Crippen LogP contribution is -2.11. The second kappa shape index (κ2) is 4.23. The van der Waals surface area contributed by atoms with Crippen LogP contribution in [0.1, 0.15) is 34.3 Å². The average molecular weight is 313 g/mol. The molecule has 88 valence electrons. The molecule has 0 radical (unpaired) electrons. The molecule has 0 aliphatic heterocycles. The lowest BCUT2D eigenvalue weighted by atomic mass is 10.4. The summed E-state index contributed by atoms with van der Waals surface area (Å²) in [7, 11) is 0. The normalized spacial score (nSPS) is 14.9. The standard InChI is InChI=1S/C10H9BrN4OS/c11-6-3-7(12-4-6)8(16)13-10-15-14-9(17-10)5-1-2-5/h3-5,12H,1-2H2,(H,13,15,16). The Kier molecular flexibility index (Phi) is 2.71. The maximum Gasteiger partial charge on any atom is 0.273 e. The van der Waals surface area contributed by atoms with Crippen molar-refractivity contribution >= 4 is 38.3 Å². The first-order valence-corrected chi connectivity index (χ1v) is 6.82. The van der Waals surface area contributed by atoms with Crippen molar-refractivity contribution in [2.24, 2.45) is 0 Å². The van der Waals surface area contributed by atoms with Crippen LogP contribution < -0.4 is 5.32 Å². The third-order valence-electron chi connectivity index (χ3n) is 2.48. The Labute approximate surface area is 110 Å². The number of anilines is 1. The summed E-state index contributed by atoms with van der Waals surface area (Å²) in [6, 6.07) is 1.72. The predicted octanol–water partition coefficient (Wildman–Crippen LogP) is 2.76. The zero-order chi connectivity index (χ0) is 11.8. The van der Waals surface area contributed by atoms with Gasteiger partial charge in [0.15, 0.2) is 0 Å². The van der Waals surface area contributed by atoms with Gasteiger partial charge >= 0.3 is 0 Å². The molecule has 0 bridgehead atoms. The van der Waals surface area contributed by atoms with Crippen LogP contribution in [0.25, 0.3) is 0 Å². The largest absolute Gasteiger partial charge is 0.356 e. The Morgan fingerprint density at radius 3 is 3.00 bits per heavy atom. The molecule has 17 heavy (non-hydrogen) atoms. The molecular weight excluding hydrogens is 304 g/mol. The van der Waals surface area contributed by atoms with Crippen molar-refractivity contribution in [2.45, 2.75) is 18.8 Å². The molecular formula is C10H9BrN4OS. The highest BCUT2D eigenvalue weighted by Gasteiger charge is 2.27. The zero-order valence-electron chi connectivity index (χ0n) is 8.74. The lowest BCUT2D eigenvalue weighted by Gasteiger charge is -1.96. The van der Waals surface area contributed by atoms with Crippen molar-refractivity contribution in [3.8, 4) is 0 Å². The third kappa shape index (κ3) is 2.39. The van der Waals surface area contributed by atoms with Gasteiger partial charge in [-0.15, -0.1) is 10.2 Å². The molecule has 5 nitrogen and oxygen atoms in total. The number of rotatable bonds is 3. The highest BCUT2D eigenvalue weighted by atomic mass is 79.9. The van der Waals surface area contributed by atoms with Crippen molar-refractivity contribution in [3.63, 3.8) is 0 Å². The molecule has 2 heterocycles. The van der Waals surface area contributed by atoms with Gasteiger partial charge in [-0.25, -0.2) is 0 Å². The minimum atomic E-state index is -0.200. The fourth-order valence-corrected chi connectivity index (χ4v) is 2.69. The number of aromatic amines is 1. The molecule has 0 spiro atoms. The number of hydrogen-bond acceptors (Lipinski definition) is 4. The van der Waals surface area contributed by atoms with Crippen LogP contribution in [0.15, 0.2) is 16.7 Å². The van der Waals surface area contributed by atoms with Gasteiger partial charge in [0.25, 0.3) is 5.91 Å². The van der Waals surface area contributed by atoms with Crippen LogP contribution in [0.4, 0.5) is 5.13 Å². The van der Waals surface area contributed by atoms with Crippen LogP contribution in [0, 0.1) is 0 Å². The molecule has 0 atom stereocenters. The molecule has 1 aliphatic rings. The maximum atomic E-state index is 11.8. The molecule has 1 saturated carbocycles. The van der Waals surface area contributed by atoms with Gasteiger partial charge in [-0.3, -0.25) is 10.1 Å². The molecule has 1 aliphatic carbocycles. The van der Waals surface area contributed by atoms with E-state index < -0.39 is 0 Å². The zero-order valence-corrected chi connectivity index (χ0v) is 11.1. The number of halogens is 1. The summed E-state index contributed by atoms with van der Waals surface area (Å²) in [4.78, 5) is 14.7. The van der Waals surface area contributed by atoms with Gasteiger partial charge in [-0.05, 0) is 34.8 Å². The lowest BCUT2D eigenvalue weighted by molar-refractivity contribution is 0.102. The molecule has 2 N–H and O–H groups in total. The van der Waals surface area contributed by atoms with Crippen LogP contribution in [0.5, 0.6) is 0 Å². The van der Waals surface area contributed by atoms with Gasteiger partial charge in [0.1, 0.15) is 10.7 Å². The summed E-state index contributed by atoms with van der Waals surface area (Å²) in [5.41, 5.74) is 0.500. The van der Waals surface area contributed by atoms with Crippen molar-refractivity contribution in [2.75, 3.05) is 5.32 Å². The van der Waals surface area contributed by atoms with Gasteiger partial charge in [0.05, 0.1) is 0 Å². The fraction of sp³-hybridized carbons (Fsp3) is 0.300. The summed E-state index contributed by atoms with van der Waals surface area (Å²) in [5, 5.41) is 12.3. The van der Waals surface area contributed by atoms with E-state index in [4.69, 9.17) is 0 Å². The van der Waals surface area contributed by atoms with Crippen LogP contribution in [0.3, 0.4) is 0 Å². The van der Waals surface area contributed by atoms with Crippen molar-refractivity contribution in [1.82, 2.24) is 15.2 Å². The van der Waals surface area contributed by atoms with E-state index in [0.29, 0.717) is 16.7 Å². The number of amides is 1. The Hall–Kier alpha value is -1.21. The van der Waals surface area contributed by atoms with E-state index in [1.54, 1.807) is 12.3 Å². The quantitative estimate of drug-likeness (QED) is 0.915. The Balaban J connectivity index is 1.71. The van der Waals surface area contributed by atoms with Gasteiger partial charge in [0.2, 0.25) is 5.13 Å². The summed E-state index contributed by atoms with van der Waals surface area (Å²) < 4.78 is 0.846. The first-order chi connectivity index (χ1) is 8.22. The Morgan fingerprint density at radius 2 is 2.35 bits per heavy atom. The number of nitrogens with zero attached hydrogens (tertiary/aromatic N) is 2. The maximum absolute atomic E-state index is 11.8. The van der Waals surface area contributed by atoms with Crippen LogP contribution in [-0.2, 0) is 0 Å². The van der Waals surface area contributed by atoms with Crippen molar-refractivity contribution in [1.29, 1.82) is 0 Å². The molecule has 7 heteroatoms. The minimum Gasteiger partial charge on any atom is -0.356 e. The van der Waals surface area contributed by atoms with Crippen LogP contribution in [0.2, 0.25) is 0 Å². The molecule has 1 amide bonds. The molecule has 3 rings (SSSR count). The Bertz CT molecular complexity index is 560. The first-order valence-electron chi connectivity index (χ1n) is 5.21. The Morgan fingerprint density at radius 1 is 1.53 bits per heavy atom. The summed E-state index contributed by atoms with van der Waals surface area (Å²) in [6.07, 6.45) is 4.09. The third-order valence-corrected chi connectivity index (χ3v) is 3.94. The average Bonchev–Trinajstić information content (AvgIpc) is 2.90. The van der Waals surface area contributed by atoms with Gasteiger partial charge in [0, 0.05) is 16.6 Å². The van der Waals surface area contributed by atoms with E-state index in [-0.39, 0.29) is 5.91 Å². The monoisotopic (exact) mass is 312 g/mol. The van der Waals surface area contributed by atoms with Crippen molar-refractivity contribution in [3.05, 3.63) is 27.4 Å². The number of carbonyl (C=O) groups excluding carboxylic acids is 1. The second-order valence-electron chi connectivity index (χ2n) is 3.91. The molecule has 0 aromatic carbocycles. The van der Waals surface area contributed by atoms with E-state index in [1.807, 2.05) is 0 Å². The predicted molar refractivity (Wildman–Crippen MR) is 68.3 cm³/mol. The van der Waals surface area contributed by atoms with E-state index in [0.717, 1.165) is 9.48 Å². The number of nitrogens with one attached hydrogen (secondary N) is 2. The summed E-state index contributed by atoms with van der Waals surface area (Å²) in [5.74, 6) is 0.368. The van der Waals surface area contributed by atoms with Crippen molar-refractivity contribution < 1.29 is 4.79 Å². The molecule has 0 saturated heterocycles. The number of carbonyl (C=O) groups is 1. The second-order valence-corrected chi connectivity index (χ2v) is 5.83. The minimum absolute atomic E-state index is 0.200. The van der Waals surface area contributed by atoms with Crippen LogP contribution >= 0.6 is 27.3 Å². The highest BCUT2D eigenvalue weighted by molar-refractivity contribution is 9.10. The number of aromatic nitrogens is 3. The summed E-state index contributed by atoms with van der Waals surface area (Å²) in [6.45, 7) is 0. The molecule has 2 aromatic heterocycles. The molecule has 1 fully saturated rings.